The minimum atomic E-state index is -3.48. The van der Waals surface area contributed by atoms with Crippen LogP contribution in [-0.2, 0) is 22.7 Å². The molecule has 0 unspecified atom stereocenters. The minimum Gasteiger partial charge on any atom is -0.365 e. The molecule has 0 fully saturated rings. The van der Waals surface area contributed by atoms with E-state index < -0.39 is 9.84 Å². The van der Waals surface area contributed by atoms with Crippen molar-refractivity contribution in [2.24, 2.45) is 0 Å². The summed E-state index contributed by atoms with van der Waals surface area (Å²) in [5, 5.41) is 3.46. The van der Waals surface area contributed by atoms with E-state index in [0.29, 0.717) is 10.0 Å². The number of anilines is 1. The van der Waals surface area contributed by atoms with Crippen molar-refractivity contribution in [3.8, 4) is 0 Å². The van der Waals surface area contributed by atoms with Crippen molar-refractivity contribution < 1.29 is 8.42 Å². The maximum absolute atomic E-state index is 12.6. The van der Waals surface area contributed by atoms with Crippen LogP contribution < -0.4 is 5.32 Å². The summed E-state index contributed by atoms with van der Waals surface area (Å²) < 4.78 is 25.6. The van der Waals surface area contributed by atoms with Crippen molar-refractivity contribution >= 4 is 26.3 Å². The monoisotopic (exact) mass is 310 g/mol. The van der Waals surface area contributed by atoms with Gasteiger partial charge in [0.25, 0.3) is 0 Å². The van der Waals surface area contributed by atoms with Crippen LogP contribution in [0.3, 0.4) is 0 Å². The van der Waals surface area contributed by atoms with Gasteiger partial charge in [-0.2, -0.15) is 0 Å². The molecule has 0 aliphatic rings. The predicted molar refractivity (Wildman–Crippen MR) is 82.3 cm³/mol. The molecular weight excluding hydrogens is 292 g/mol. The molecule has 1 N–H and O–H groups in total. The lowest BCUT2D eigenvalue weighted by molar-refractivity contribution is 0.597. The highest BCUT2D eigenvalue weighted by molar-refractivity contribution is 7.93. The molecule has 1 aromatic heterocycles. The third-order valence-corrected chi connectivity index (χ3v) is 6.33. The van der Waals surface area contributed by atoms with Crippen LogP contribution in [0.15, 0.2) is 33.5 Å². The van der Waals surface area contributed by atoms with Gasteiger partial charge >= 0.3 is 0 Å². The molecule has 0 aliphatic heterocycles. The molecular formula is C14H18N2O2S2. The number of thiazole rings is 1. The molecule has 2 rings (SSSR count). The number of hydrogen-bond donors (Lipinski definition) is 1. The van der Waals surface area contributed by atoms with Crippen LogP contribution in [0.1, 0.15) is 25.0 Å². The highest BCUT2D eigenvalue weighted by atomic mass is 32.2. The Morgan fingerprint density at radius 2 is 1.75 bits per heavy atom. The van der Waals surface area contributed by atoms with Crippen LogP contribution in [0.25, 0.3) is 0 Å². The summed E-state index contributed by atoms with van der Waals surface area (Å²) in [6, 6.07) is 5.57. The summed E-state index contributed by atoms with van der Waals surface area (Å²) in [7, 11) is -1.75. The summed E-state index contributed by atoms with van der Waals surface area (Å²) in [6.07, 6.45) is 3.05. The Hall–Kier alpha value is -1.40. The zero-order chi connectivity index (χ0) is 14.8. The number of nitrogens with zero attached hydrogens (tertiary/aromatic N) is 1. The fraction of sp³-hybridized carbons (Fsp3) is 0.357. The van der Waals surface area contributed by atoms with Crippen molar-refractivity contribution in [3.63, 3.8) is 0 Å². The molecule has 0 saturated carbocycles. The SMILES string of the molecule is CCc1cc(CC)cc(S(=O)(=O)c2cnc(NC)s2)c1. The average molecular weight is 310 g/mol. The zero-order valence-corrected chi connectivity index (χ0v) is 13.4. The summed E-state index contributed by atoms with van der Waals surface area (Å²) in [5.74, 6) is 0. The predicted octanol–water partition coefficient (Wildman–Crippen LogP) is 3.14. The second kappa shape index (κ2) is 5.93. The van der Waals surface area contributed by atoms with E-state index in [-0.39, 0.29) is 4.21 Å². The number of aryl methyl sites for hydroxylation is 2. The quantitative estimate of drug-likeness (QED) is 0.921. The smallest absolute Gasteiger partial charge is 0.217 e. The molecule has 20 heavy (non-hydrogen) atoms. The second-order valence-corrected chi connectivity index (χ2v) is 7.64. The molecule has 0 amide bonds. The lowest BCUT2D eigenvalue weighted by Crippen LogP contribution is -2.02. The molecule has 0 spiro atoms. The van der Waals surface area contributed by atoms with Gasteiger partial charge in [0.05, 0.1) is 11.1 Å². The van der Waals surface area contributed by atoms with Gasteiger partial charge in [0.1, 0.15) is 4.21 Å². The molecule has 1 aromatic carbocycles. The third kappa shape index (κ3) is 2.86. The van der Waals surface area contributed by atoms with Gasteiger partial charge in [-0.15, -0.1) is 0 Å². The Kier molecular flexibility index (Phi) is 4.45. The maximum Gasteiger partial charge on any atom is 0.217 e. The number of aromatic nitrogens is 1. The van der Waals surface area contributed by atoms with Gasteiger partial charge in [0, 0.05) is 7.05 Å². The Balaban J connectivity index is 2.53. The van der Waals surface area contributed by atoms with E-state index in [9.17, 15) is 8.42 Å². The summed E-state index contributed by atoms with van der Waals surface area (Å²) in [5.41, 5.74) is 2.09. The molecule has 0 atom stereocenters. The van der Waals surface area contributed by atoms with Gasteiger partial charge in [-0.05, 0) is 36.1 Å². The topological polar surface area (TPSA) is 59.1 Å². The molecule has 0 bridgehead atoms. The molecule has 0 saturated heterocycles. The van der Waals surface area contributed by atoms with Crippen LogP contribution in [0.2, 0.25) is 0 Å². The van der Waals surface area contributed by atoms with E-state index in [1.165, 1.54) is 6.20 Å². The lowest BCUT2D eigenvalue weighted by atomic mass is 10.1. The Labute approximate surface area is 123 Å². The van der Waals surface area contributed by atoms with Gasteiger partial charge in [0.15, 0.2) is 5.13 Å². The van der Waals surface area contributed by atoms with Crippen LogP contribution in [-0.4, -0.2) is 20.4 Å². The fourth-order valence-corrected chi connectivity index (χ4v) is 4.41. The van der Waals surface area contributed by atoms with Gasteiger partial charge in [0.2, 0.25) is 9.84 Å². The molecule has 108 valence electrons. The summed E-state index contributed by atoms with van der Waals surface area (Å²) in [4.78, 5) is 4.40. The highest BCUT2D eigenvalue weighted by Crippen LogP contribution is 2.29. The van der Waals surface area contributed by atoms with Crippen molar-refractivity contribution in [1.82, 2.24) is 4.98 Å². The molecule has 0 aliphatic carbocycles. The maximum atomic E-state index is 12.6. The van der Waals surface area contributed by atoms with Crippen molar-refractivity contribution in [2.45, 2.75) is 35.8 Å². The highest BCUT2D eigenvalue weighted by Gasteiger charge is 2.21. The van der Waals surface area contributed by atoms with E-state index in [0.717, 1.165) is 35.3 Å². The average Bonchev–Trinajstić information content (AvgIpc) is 2.96. The molecule has 1 heterocycles. The molecule has 2 aromatic rings. The number of nitrogens with one attached hydrogen (secondary N) is 1. The summed E-state index contributed by atoms with van der Waals surface area (Å²) in [6.45, 7) is 4.05. The van der Waals surface area contributed by atoms with Crippen LogP contribution >= 0.6 is 11.3 Å². The standard InChI is InChI=1S/C14H18N2O2S2/c1-4-10-6-11(5-2)8-12(7-10)20(17,18)13-9-16-14(15-3)19-13/h6-9H,4-5H2,1-3H3,(H,15,16). The second-order valence-electron chi connectivity index (χ2n) is 4.43. The Bertz CT molecular complexity index is 683. The van der Waals surface area contributed by atoms with E-state index >= 15 is 0 Å². The number of benzene rings is 1. The van der Waals surface area contributed by atoms with Crippen LogP contribution in [0, 0.1) is 0 Å². The van der Waals surface area contributed by atoms with Gasteiger partial charge < -0.3 is 5.32 Å². The van der Waals surface area contributed by atoms with Gasteiger partial charge in [-0.3, -0.25) is 0 Å². The molecule has 4 nitrogen and oxygen atoms in total. The fourth-order valence-electron chi connectivity index (χ4n) is 1.91. The minimum absolute atomic E-state index is 0.275. The Morgan fingerprint density at radius 1 is 1.15 bits per heavy atom. The normalized spacial score (nSPS) is 11.6. The van der Waals surface area contributed by atoms with Crippen molar-refractivity contribution in [2.75, 3.05) is 12.4 Å². The van der Waals surface area contributed by atoms with Crippen LogP contribution in [0.5, 0.6) is 0 Å². The lowest BCUT2D eigenvalue weighted by Gasteiger charge is -2.07. The van der Waals surface area contributed by atoms with Crippen molar-refractivity contribution in [3.05, 3.63) is 35.5 Å². The number of hydrogen-bond acceptors (Lipinski definition) is 5. The third-order valence-electron chi connectivity index (χ3n) is 3.12. The zero-order valence-electron chi connectivity index (χ0n) is 11.8. The van der Waals surface area contributed by atoms with Gasteiger partial charge in [-0.1, -0.05) is 31.3 Å². The largest absolute Gasteiger partial charge is 0.365 e. The molecule has 0 radical (unpaired) electrons. The summed E-state index contributed by atoms with van der Waals surface area (Å²) >= 11 is 1.15. The first-order valence-corrected chi connectivity index (χ1v) is 8.82. The number of sulfone groups is 1. The van der Waals surface area contributed by atoms with Crippen molar-refractivity contribution in [1.29, 1.82) is 0 Å². The number of rotatable bonds is 5. The first-order valence-electron chi connectivity index (χ1n) is 6.52. The van der Waals surface area contributed by atoms with E-state index in [1.807, 2.05) is 13.8 Å². The van der Waals surface area contributed by atoms with E-state index in [1.54, 1.807) is 19.2 Å². The molecule has 6 heteroatoms. The van der Waals surface area contributed by atoms with Gasteiger partial charge in [-0.25, -0.2) is 13.4 Å². The van der Waals surface area contributed by atoms with Crippen LogP contribution in [0.4, 0.5) is 5.13 Å². The first-order chi connectivity index (χ1) is 9.51. The first kappa shape index (κ1) is 15.0. The van der Waals surface area contributed by atoms with E-state index in [4.69, 9.17) is 0 Å². The Morgan fingerprint density at radius 3 is 2.20 bits per heavy atom. The van der Waals surface area contributed by atoms with E-state index in [2.05, 4.69) is 16.4 Å².